The third-order valence-corrected chi connectivity index (χ3v) is 13.8. The molecule has 65 heavy (non-hydrogen) atoms. The van der Waals surface area contributed by atoms with E-state index in [0.717, 1.165) is 81.8 Å². The Bertz CT molecular complexity index is 2280. The molecule has 17 heteroatoms. The van der Waals surface area contributed by atoms with Gasteiger partial charge in [0.1, 0.15) is 29.3 Å². The zero-order valence-electron chi connectivity index (χ0n) is 37.7. The van der Waals surface area contributed by atoms with Crippen LogP contribution in [0.15, 0.2) is 42.6 Å². The van der Waals surface area contributed by atoms with E-state index in [9.17, 15) is 28.8 Å². The summed E-state index contributed by atoms with van der Waals surface area (Å²) in [4.78, 5) is 94.5. The van der Waals surface area contributed by atoms with Gasteiger partial charge in [-0.1, -0.05) is 38.0 Å². The molecule has 16 nitrogen and oxygen atoms in total. The van der Waals surface area contributed by atoms with Gasteiger partial charge >= 0.3 is 0 Å². The molecule has 1 unspecified atom stereocenters. The van der Waals surface area contributed by atoms with Crippen LogP contribution in [-0.4, -0.2) is 120 Å². The predicted octanol–water partition coefficient (Wildman–Crippen LogP) is 5.06. The average molecular weight is 913 g/mol. The first-order chi connectivity index (χ1) is 31.0. The number of methoxy groups -OCH3 is 1. The van der Waals surface area contributed by atoms with Gasteiger partial charge in [-0.2, -0.15) is 0 Å². The molecule has 0 spiro atoms. The van der Waals surface area contributed by atoms with Crippen LogP contribution in [0.5, 0.6) is 5.75 Å². The molecule has 5 amide bonds. The third-order valence-electron chi connectivity index (χ3n) is 13.8. The molecule has 2 atom stereocenters. The normalized spacial score (nSPS) is 20.4. The fourth-order valence-corrected chi connectivity index (χ4v) is 10.2. The van der Waals surface area contributed by atoms with E-state index >= 15 is 0 Å². The molecule has 2 aromatic carbocycles. The SMILES string of the molecule is CC[C@@H]1C(=O)N(C)c2cnc(Cc3ccc(C(=O)CC4CCN(CCNCCCC(=O)Nc5cccc6c5CN(C5CCC(=O)NC5=O)C6=O)CC4)cc3OC)nc2N1C1CCCC1.Cl. The predicted molar refractivity (Wildman–Crippen MR) is 249 cm³/mol. The summed E-state index contributed by atoms with van der Waals surface area (Å²) in [5.74, 6) is 1.42. The number of fused-ring (bicyclic) bond motifs is 2. The van der Waals surface area contributed by atoms with Gasteiger partial charge in [-0.15, -0.1) is 12.4 Å². The Morgan fingerprint density at radius 1 is 0.985 bits per heavy atom. The number of hydrogen-bond acceptors (Lipinski definition) is 12. The maximum Gasteiger partial charge on any atom is 0.255 e. The Kier molecular flexibility index (Phi) is 15.5. The average Bonchev–Trinajstić information content (AvgIpc) is 3.95. The van der Waals surface area contributed by atoms with Crippen molar-refractivity contribution in [3.05, 3.63) is 70.7 Å². The highest BCUT2D eigenvalue weighted by molar-refractivity contribution is 6.07. The van der Waals surface area contributed by atoms with Gasteiger partial charge in [-0.25, -0.2) is 9.97 Å². The smallest absolute Gasteiger partial charge is 0.255 e. The molecule has 2 saturated heterocycles. The Labute approximate surface area is 387 Å². The number of amides is 5. The number of nitrogens with zero attached hydrogens (tertiary/aromatic N) is 6. The number of halogens is 1. The summed E-state index contributed by atoms with van der Waals surface area (Å²) >= 11 is 0. The van der Waals surface area contributed by atoms with Crippen LogP contribution >= 0.6 is 12.4 Å². The van der Waals surface area contributed by atoms with Gasteiger partial charge < -0.3 is 35.0 Å². The van der Waals surface area contributed by atoms with Crippen LogP contribution in [0.3, 0.4) is 0 Å². The molecule has 1 aliphatic carbocycles. The van der Waals surface area contributed by atoms with Crippen molar-refractivity contribution < 1.29 is 33.5 Å². The molecule has 5 heterocycles. The fraction of sp³-hybridized carbons (Fsp3) is 0.542. The lowest BCUT2D eigenvalue weighted by Gasteiger charge is -2.43. The number of ether oxygens (including phenoxy) is 1. The number of likely N-dealkylation sites (tertiary alicyclic amines) is 1. The highest BCUT2D eigenvalue weighted by Crippen LogP contribution is 2.40. The van der Waals surface area contributed by atoms with Crippen molar-refractivity contribution in [2.45, 2.75) is 115 Å². The number of piperidine rings is 2. The summed E-state index contributed by atoms with van der Waals surface area (Å²) in [7, 11) is 3.43. The standard InChI is InChI=1S/C48H61N9O7.ClH/c1-4-37-48(63)54(2)39-28-50-42(52-45(39)57(37)33-9-5-6-10-33)27-32-15-14-31(26-41(32)64-3)40(58)25-30-18-22-55(23-19-30)24-21-49-20-8-13-43(59)51-36-12-7-11-34-35(36)29-56(47(34)62)38-16-17-44(60)53-46(38)61;/h7,11-12,14-15,26,28,30,33,37-38,49H,4-6,8-10,13,16-25,27,29H2,1-3H3,(H,51,59)(H,53,60,61);1H/t37-,38?;/m1./s1. The van der Waals surface area contributed by atoms with Gasteiger partial charge in [0.2, 0.25) is 23.6 Å². The number of anilines is 3. The summed E-state index contributed by atoms with van der Waals surface area (Å²) in [6, 6.07) is 10.2. The number of nitrogens with one attached hydrogen (secondary N) is 3. The Morgan fingerprint density at radius 2 is 1.77 bits per heavy atom. The maximum atomic E-state index is 13.5. The molecule has 0 radical (unpaired) electrons. The lowest BCUT2D eigenvalue weighted by atomic mass is 9.89. The maximum absolute atomic E-state index is 13.5. The van der Waals surface area contributed by atoms with Crippen LogP contribution in [0, 0.1) is 5.92 Å². The quantitative estimate of drug-likeness (QED) is 0.0931. The first-order valence-electron chi connectivity index (χ1n) is 23.1. The van der Waals surface area contributed by atoms with Gasteiger partial charge in [0.15, 0.2) is 11.6 Å². The first kappa shape index (κ1) is 47.5. The van der Waals surface area contributed by atoms with Crippen LogP contribution in [-0.2, 0) is 32.1 Å². The summed E-state index contributed by atoms with van der Waals surface area (Å²) in [6.07, 6.45) is 11.2. The van der Waals surface area contributed by atoms with E-state index in [4.69, 9.17) is 9.72 Å². The molecule has 4 aliphatic heterocycles. The Balaban J connectivity index is 0.00000630. The zero-order valence-corrected chi connectivity index (χ0v) is 38.6. The van der Waals surface area contributed by atoms with E-state index < -0.39 is 11.9 Å². The molecule has 3 N–H and O–H groups in total. The number of rotatable bonds is 17. The van der Waals surface area contributed by atoms with Gasteiger partial charge in [-0.3, -0.25) is 34.1 Å². The Morgan fingerprint density at radius 3 is 2.51 bits per heavy atom. The molecule has 348 valence electrons. The van der Waals surface area contributed by atoms with Crippen molar-refractivity contribution in [2.24, 2.45) is 5.92 Å². The number of ketones is 1. The molecular formula is C48H62ClN9O7. The van der Waals surface area contributed by atoms with E-state index in [1.54, 1.807) is 36.4 Å². The van der Waals surface area contributed by atoms with Crippen molar-refractivity contribution >= 4 is 64.9 Å². The fourth-order valence-electron chi connectivity index (χ4n) is 10.2. The number of imide groups is 1. The van der Waals surface area contributed by atoms with E-state index in [1.165, 1.54) is 4.90 Å². The van der Waals surface area contributed by atoms with Crippen LogP contribution in [0.4, 0.5) is 17.2 Å². The monoisotopic (exact) mass is 911 g/mol. The van der Waals surface area contributed by atoms with Gasteiger partial charge in [0, 0.05) is 86.3 Å². The van der Waals surface area contributed by atoms with E-state index in [0.29, 0.717) is 84.6 Å². The molecule has 3 fully saturated rings. The Hall–Kier alpha value is -5.45. The molecule has 0 bridgehead atoms. The van der Waals surface area contributed by atoms with Crippen LogP contribution in [0.2, 0.25) is 0 Å². The second-order valence-corrected chi connectivity index (χ2v) is 17.9. The minimum Gasteiger partial charge on any atom is -0.496 e. The minimum atomic E-state index is -0.709. The molecule has 1 saturated carbocycles. The summed E-state index contributed by atoms with van der Waals surface area (Å²) in [5, 5.41) is 8.73. The van der Waals surface area contributed by atoms with E-state index in [1.807, 2.05) is 25.2 Å². The van der Waals surface area contributed by atoms with Crippen molar-refractivity contribution in [1.82, 2.24) is 30.4 Å². The van der Waals surface area contributed by atoms with Crippen LogP contribution < -0.4 is 30.5 Å². The number of likely N-dealkylation sites (N-methyl/N-ethyl adjacent to an activating group) is 1. The highest BCUT2D eigenvalue weighted by Gasteiger charge is 2.42. The highest BCUT2D eigenvalue weighted by atomic mass is 35.5. The summed E-state index contributed by atoms with van der Waals surface area (Å²) in [6.45, 7) is 6.49. The van der Waals surface area contributed by atoms with Crippen molar-refractivity contribution in [1.29, 1.82) is 0 Å². The number of benzene rings is 2. The van der Waals surface area contributed by atoms with Crippen molar-refractivity contribution in [3.8, 4) is 5.75 Å². The number of Topliss-reactive ketones (excluding diaryl/α,β-unsaturated/α-hetero) is 1. The second kappa shape index (κ2) is 21.2. The molecule has 8 rings (SSSR count). The number of carbonyl (C=O) groups is 6. The first-order valence-corrected chi connectivity index (χ1v) is 23.1. The number of carbonyl (C=O) groups excluding carboxylic acids is 6. The molecule has 1 aromatic heterocycles. The molecule has 3 aromatic rings. The summed E-state index contributed by atoms with van der Waals surface area (Å²) < 4.78 is 5.80. The minimum absolute atomic E-state index is 0. The van der Waals surface area contributed by atoms with Crippen molar-refractivity contribution in [2.75, 3.05) is 62.0 Å². The molecular weight excluding hydrogens is 850 g/mol. The van der Waals surface area contributed by atoms with Crippen LogP contribution in [0.1, 0.15) is 122 Å². The summed E-state index contributed by atoms with van der Waals surface area (Å²) in [5.41, 5.74) is 4.01. The van der Waals surface area contributed by atoms with E-state index in [2.05, 4.69) is 37.7 Å². The second-order valence-electron chi connectivity index (χ2n) is 17.9. The lowest BCUT2D eigenvalue weighted by molar-refractivity contribution is -0.137. The van der Waals surface area contributed by atoms with Gasteiger partial charge in [0.05, 0.1) is 13.3 Å². The largest absolute Gasteiger partial charge is 0.496 e. The van der Waals surface area contributed by atoms with Crippen LogP contribution in [0.25, 0.3) is 0 Å². The third kappa shape index (κ3) is 10.5. The van der Waals surface area contributed by atoms with Gasteiger partial charge in [0.25, 0.3) is 5.91 Å². The number of hydrogen-bond donors (Lipinski definition) is 3. The number of aromatic nitrogens is 2. The van der Waals surface area contributed by atoms with Crippen molar-refractivity contribution in [3.63, 3.8) is 0 Å². The van der Waals surface area contributed by atoms with Gasteiger partial charge in [-0.05, 0) is 88.7 Å². The topological polar surface area (TPSA) is 186 Å². The zero-order chi connectivity index (χ0) is 44.9. The van der Waals surface area contributed by atoms with E-state index in [-0.39, 0.29) is 67.2 Å². The lowest BCUT2D eigenvalue weighted by Crippen LogP contribution is -2.55. The molecule has 5 aliphatic rings.